The van der Waals surface area contributed by atoms with Crippen molar-refractivity contribution in [1.82, 2.24) is 19.4 Å². The van der Waals surface area contributed by atoms with E-state index in [2.05, 4.69) is 210 Å². The number of fused-ring (bicyclic) bond motifs is 6. The van der Waals surface area contributed by atoms with Crippen molar-refractivity contribution in [2.24, 2.45) is 10.9 Å². The van der Waals surface area contributed by atoms with E-state index in [4.69, 9.17) is 15.0 Å². The number of aromatic nitrogens is 3. The minimum Gasteiger partial charge on any atom is -0.334 e. The van der Waals surface area contributed by atoms with E-state index in [0.29, 0.717) is 11.9 Å². The summed E-state index contributed by atoms with van der Waals surface area (Å²) in [5.41, 5.74) is 13.4. The smallest absolute Gasteiger partial charge is 0.235 e. The molecule has 0 fully saturated rings. The highest BCUT2D eigenvalue weighted by Crippen LogP contribution is 2.48. The first kappa shape index (κ1) is 35.6. The molecule has 0 N–H and O–H groups in total. The molecule has 2 aromatic heterocycles. The fraction of sp³-hybridized carbons (Fsp3) is 0.0926. The van der Waals surface area contributed by atoms with Crippen molar-refractivity contribution in [1.29, 1.82) is 0 Å². The van der Waals surface area contributed by atoms with Crippen molar-refractivity contribution in [3.63, 3.8) is 0 Å². The number of nitrogens with zero attached hydrogens (tertiary/aromatic N) is 6. The molecule has 4 heterocycles. The number of benzene rings is 6. The molecule has 6 heteroatoms. The Morgan fingerprint density at radius 3 is 1.93 bits per heavy atom. The average Bonchev–Trinajstić information content (AvgIpc) is 3.54. The molecular formula is C54H42N6. The lowest BCUT2D eigenvalue weighted by Gasteiger charge is -2.35. The molecule has 0 spiro atoms. The second-order valence-electron chi connectivity index (χ2n) is 15.8. The van der Waals surface area contributed by atoms with Crippen LogP contribution in [-0.4, -0.2) is 38.5 Å². The molecule has 0 bridgehead atoms. The molecule has 2 atom stereocenters. The summed E-state index contributed by atoms with van der Waals surface area (Å²) in [6.45, 7) is 2.27. The van der Waals surface area contributed by atoms with Gasteiger partial charge in [-0.05, 0) is 59.4 Å². The van der Waals surface area contributed by atoms with Crippen molar-refractivity contribution in [2.45, 2.75) is 19.4 Å². The molecule has 60 heavy (non-hydrogen) atoms. The summed E-state index contributed by atoms with van der Waals surface area (Å²) in [5, 5.41) is 2.23. The molecule has 288 valence electrons. The zero-order valence-corrected chi connectivity index (χ0v) is 33.5. The van der Waals surface area contributed by atoms with E-state index in [1.807, 2.05) is 12.1 Å². The van der Waals surface area contributed by atoms with Crippen molar-refractivity contribution in [2.75, 3.05) is 11.9 Å². The van der Waals surface area contributed by atoms with Crippen LogP contribution in [0.4, 0.5) is 17.3 Å². The van der Waals surface area contributed by atoms with Crippen LogP contribution in [0, 0.1) is 5.92 Å². The van der Waals surface area contributed by atoms with Gasteiger partial charge < -0.3 is 4.90 Å². The predicted molar refractivity (Wildman–Crippen MR) is 249 cm³/mol. The van der Waals surface area contributed by atoms with E-state index in [9.17, 15) is 0 Å². The molecule has 2 aliphatic heterocycles. The van der Waals surface area contributed by atoms with Crippen LogP contribution < -0.4 is 4.90 Å². The van der Waals surface area contributed by atoms with Gasteiger partial charge in [0.15, 0.2) is 0 Å². The summed E-state index contributed by atoms with van der Waals surface area (Å²) in [6, 6.07) is 55.2. The molecule has 0 saturated heterocycles. The van der Waals surface area contributed by atoms with Gasteiger partial charge in [0.2, 0.25) is 11.9 Å². The second kappa shape index (κ2) is 14.7. The SMILES string of the molecule is CC1C=CC(C2C=C(c3ccccc3)N=C(n3c4ccccc4c4c5c(ccc43)C=Cc3ccccc3N5c3nc(-c4ccccc4)cc(-c4ccccc4)n3)N2C)=CC1. The van der Waals surface area contributed by atoms with Gasteiger partial charge in [0.05, 0.1) is 45.5 Å². The number of para-hydroxylation sites is 2. The Morgan fingerprint density at radius 2 is 1.23 bits per heavy atom. The van der Waals surface area contributed by atoms with Crippen LogP contribution in [0.25, 0.3) is 62.2 Å². The first-order chi connectivity index (χ1) is 29.6. The Hall–Kier alpha value is -7.57. The molecule has 6 nitrogen and oxygen atoms in total. The van der Waals surface area contributed by atoms with Crippen molar-refractivity contribution < 1.29 is 0 Å². The minimum absolute atomic E-state index is 0.00895. The number of hydrogen-bond donors (Lipinski definition) is 0. The van der Waals surface area contributed by atoms with Gasteiger partial charge in [-0.1, -0.05) is 171 Å². The zero-order valence-electron chi connectivity index (χ0n) is 33.5. The van der Waals surface area contributed by atoms with Crippen LogP contribution in [0.1, 0.15) is 30.0 Å². The number of hydrogen-bond acceptors (Lipinski definition) is 5. The van der Waals surface area contributed by atoms with Crippen LogP contribution in [0.15, 0.2) is 193 Å². The van der Waals surface area contributed by atoms with E-state index in [0.717, 1.165) is 90.5 Å². The molecular weight excluding hydrogens is 733 g/mol. The summed E-state index contributed by atoms with van der Waals surface area (Å²) < 4.78 is 2.36. The Bertz CT molecular complexity index is 3040. The first-order valence-corrected chi connectivity index (χ1v) is 20.7. The number of likely N-dealkylation sites (N-methyl/N-ethyl adjacent to an activating group) is 1. The lowest BCUT2D eigenvalue weighted by molar-refractivity contribution is 0.454. The topological polar surface area (TPSA) is 49.6 Å². The quantitative estimate of drug-likeness (QED) is 0.175. The van der Waals surface area contributed by atoms with Crippen molar-refractivity contribution in [3.8, 4) is 22.5 Å². The van der Waals surface area contributed by atoms with Gasteiger partial charge in [0.1, 0.15) is 0 Å². The van der Waals surface area contributed by atoms with Gasteiger partial charge in [-0.25, -0.2) is 15.0 Å². The predicted octanol–water partition coefficient (Wildman–Crippen LogP) is 13.0. The third kappa shape index (κ3) is 6.07. The van der Waals surface area contributed by atoms with Crippen LogP contribution in [-0.2, 0) is 0 Å². The highest BCUT2D eigenvalue weighted by atomic mass is 15.3. The number of anilines is 3. The standard InChI is InChI=1S/C54H42N6/c1-36-26-28-41(29-27-36)50-35-46(39-20-10-5-11-21-39)57-54(58(50)2)59-48-25-15-13-23-43(48)51-49(59)33-32-42-31-30-40-22-12-14-24-47(40)60(52(42)51)53-55-44(37-16-6-3-7-17-37)34-45(56-53)38-18-8-4-9-19-38/h3-26,28-36,50H,27H2,1-2H3. The number of aliphatic imine (C=N–C) groups is 1. The molecule has 0 radical (unpaired) electrons. The van der Waals surface area contributed by atoms with E-state index in [1.54, 1.807) is 0 Å². The monoisotopic (exact) mass is 774 g/mol. The van der Waals surface area contributed by atoms with Crippen molar-refractivity contribution in [3.05, 3.63) is 204 Å². The van der Waals surface area contributed by atoms with Crippen LogP contribution in [0.5, 0.6) is 0 Å². The van der Waals surface area contributed by atoms with Crippen LogP contribution in [0.3, 0.4) is 0 Å². The van der Waals surface area contributed by atoms with Gasteiger partial charge in [0, 0.05) is 34.5 Å². The summed E-state index contributed by atoms with van der Waals surface area (Å²) in [5.74, 6) is 1.98. The lowest BCUT2D eigenvalue weighted by Crippen LogP contribution is -2.43. The Kier molecular flexibility index (Phi) is 8.70. The van der Waals surface area contributed by atoms with Gasteiger partial charge >= 0.3 is 0 Å². The third-order valence-corrected chi connectivity index (χ3v) is 12.0. The molecule has 2 unspecified atom stereocenters. The Morgan fingerprint density at radius 1 is 0.600 bits per heavy atom. The summed E-state index contributed by atoms with van der Waals surface area (Å²) in [7, 11) is 2.18. The summed E-state index contributed by atoms with van der Waals surface area (Å²) >= 11 is 0. The maximum Gasteiger partial charge on any atom is 0.235 e. The summed E-state index contributed by atoms with van der Waals surface area (Å²) in [6.07, 6.45) is 14.8. The van der Waals surface area contributed by atoms with Gasteiger partial charge in [-0.2, -0.15) is 0 Å². The van der Waals surface area contributed by atoms with Gasteiger partial charge in [0.25, 0.3) is 0 Å². The van der Waals surface area contributed by atoms with E-state index < -0.39 is 0 Å². The maximum absolute atomic E-state index is 5.53. The van der Waals surface area contributed by atoms with E-state index in [-0.39, 0.29) is 6.04 Å². The van der Waals surface area contributed by atoms with Gasteiger partial charge in [-0.3, -0.25) is 9.47 Å². The largest absolute Gasteiger partial charge is 0.334 e. The molecule has 0 amide bonds. The van der Waals surface area contributed by atoms with Gasteiger partial charge in [-0.15, -0.1) is 0 Å². The maximum atomic E-state index is 5.53. The highest BCUT2D eigenvalue weighted by molar-refractivity contribution is 6.22. The fourth-order valence-corrected chi connectivity index (χ4v) is 8.91. The summed E-state index contributed by atoms with van der Waals surface area (Å²) in [4.78, 5) is 21.0. The minimum atomic E-state index is -0.00895. The first-order valence-electron chi connectivity index (χ1n) is 20.7. The second-order valence-corrected chi connectivity index (χ2v) is 15.8. The van der Waals surface area contributed by atoms with Crippen LogP contribution in [0.2, 0.25) is 0 Å². The molecule has 11 rings (SSSR count). The molecule has 0 saturated carbocycles. The highest BCUT2D eigenvalue weighted by Gasteiger charge is 2.32. The molecule has 8 aromatic rings. The lowest BCUT2D eigenvalue weighted by atomic mass is 9.92. The van der Waals surface area contributed by atoms with E-state index in [1.165, 1.54) is 5.57 Å². The third-order valence-electron chi connectivity index (χ3n) is 12.0. The number of rotatable bonds is 5. The Labute approximate surface area is 350 Å². The van der Waals surface area contributed by atoms with Crippen LogP contribution >= 0.6 is 0 Å². The molecule has 6 aromatic carbocycles. The zero-order chi connectivity index (χ0) is 40.2. The van der Waals surface area contributed by atoms with E-state index >= 15 is 0 Å². The molecule has 3 aliphatic rings. The fourth-order valence-electron chi connectivity index (χ4n) is 8.91. The number of allylic oxidation sites excluding steroid dienone is 2. The normalized spacial score (nSPS) is 17.2. The average molecular weight is 775 g/mol. The van der Waals surface area contributed by atoms with Crippen molar-refractivity contribution >= 4 is 62.9 Å². The Balaban J connectivity index is 1.19. The molecule has 1 aliphatic carbocycles.